The lowest BCUT2D eigenvalue weighted by Gasteiger charge is -2.50. The molecule has 1 aliphatic carbocycles. The third-order valence-corrected chi connectivity index (χ3v) is 7.97. The smallest absolute Gasteiger partial charge is 0.288 e. The van der Waals surface area contributed by atoms with Crippen LogP contribution in [0.3, 0.4) is 0 Å². The molecule has 2 aromatic heterocycles. The summed E-state index contributed by atoms with van der Waals surface area (Å²) in [6.07, 6.45) is 5.76. The van der Waals surface area contributed by atoms with Crippen LogP contribution in [0.2, 0.25) is 5.02 Å². The van der Waals surface area contributed by atoms with Gasteiger partial charge >= 0.3 is 0 Å². The summed E-state index contributed by atoms with van der Waals surface area (Å²) in [5.74, 6) is 1.12. The highest BCUT2D eigenvalue weighted by atomic mass is 35.5. The summed E-state index contributed by atoms with van der Waals surface area (Å²) >= 11 is 6.39. The summed E-state index contributed by atoms with van der Waals surface area (Å²) in [5.41, 5.74) is 2.07. The first-order valence-electron chi connectivity index (χ1n) is 11.1. The van der Waals surface area contributed by atoms with Crippen molar-refractivity contribution in [1.29, 1.82) is 0 Å². The Morgan fingerprint density at radius 2 is 1.91 bits per heavy atom. The highest BCUT2D eigenvalue weighted by molar-refractivity contribution is 6.32. The molecule has 1 fully saturated rings. The van der Waals surface area contributed by atoms with Gasteiger partial charge in [0.05, 0.1) is 24.3 Å². The van der Waals surface area contributed by atoms with Gasteiger partial charge in [0.2, 0.25) is 5.91 Å². The molecule has 9 heteroatoms. The van der Waals surface area contributed by atoms with Gasteiger partial charge in [-0.2, -0.15) is 15.3 Å². The second-order valence-corrected chi connectivity index (χ2v) is 10.0. The molecule has 0 unspecified atom stereocenters. The molecule has 0 aliphatic heterocycles. The average molecular weight is 461 g/mol. The molecule has 0 bridgehead atoms. The number of nitrogens with zero attached hydrogens (tertiary/aromatic N) is 4. The molecule has 1 saturated carbocycles. The molecule has 0 radical (unpaired) electrons. The summed E-state index contributed by atoms with van der Waals surface area (Å²) in [5, 5.41) is 18.1. The molecule has 2 aromatic rings. The Bertz CT molecular complexity index is 1040. The fourth-order valence-electron chi connectivity index (χ4n) is 4.42. The van der Waals surface area contributed by atoms with Crippen molar-refractivity contribution < 1.29 is 4.79 Å². The molecule has 0 aromatic carbocycles. The van der Waals surface area contributed by atoms with Gasteiger partial charge in [-0.1, -0.05) is 46.2 Å². The SMILES string of the molecule is Cc1cnncc1CNC(=O)Cn1ncc(N[C@@H]2C[C@H](C)C(C)(C)[C@H](C)[C@H]2C)c(Cl)c1=O. The van der Waals surface area contributed by atoms with E-state index in [1.807, 2.05) is 6.92 Å². The molecular formula is C23H33ClN6O2. The zero-order chi connectivity index (χ0) is 23.6. The molecule has 0 saturated heterocycles. The lowest BCUT2D eigenvalue weighted by Crippen LogP contribution is -2.48. The third kappa shape index (κ3) is 4.95. The monoisotopic (exact) mass is 460 g/mol. The van der Waals surface area contributed by atoms with Gasteiger partial charge < -0.3 is 10.6 Å². The lowest BCUT2D eigenvalue weighted by atomic mass is 9.58. The zero-order valence-electron chi connectivity index (χ0n) is 19.6. The number of amides is 1. The normalized spacial score (nSPS) is 24.7. The van der Waals surface area contributed by atoms with Crippen LogP contribution in [0, 0.1) is 30.1 Å². The van der Waals surface area contributed by atoms with E-state index < -0.39 is 5.56 Å². The number of nitrogens with one attached hydrogen (secondary N) is 2. The largest absolute Gasteiger partial charge is 0.379 e. The van der Waals surface area contributed by atoms with Gasteiger partial charge in [-0.05, 0) is 47.6 Å². The van der Waals surface area contributed by atoms with Gasteiger partial charge in [-0.3, -0.25) is 9.59 Å². The number of rotatable bonds is 6. The van der Waals surface area contributed by atoms with Gasteiger partial charge in [0.15, 0.2) is 0 Å². The Hall–Kier alpha value is -2.48. The van der Waals surface area contributed by atoms with Gasteiger partial charge in [-0.15, -0.1) is 0 Å². The maximum atomic E-state index is 12.7. The Labute approximate surface area is 194 Å². The molecule has 4 atom stereocenters. The zero-order valence-corrected chi connectivity index (χ0v) is 20.4. The van der Waals surface area contributed by atoms with E-state index in [0.717, 1.165) is 22.2 Å². The first-order chi connectivity index (χ1) is 15.0. The maximum Gasteiger partial charge on any atom is 0.288 e. The minimum Gasteiger partial charge on any atom is -0.379 e. The Morgan fingerprint density at radius 3 is 2.59 bits per heavy atom. The number of carbonyl (C=O) groups excluding carboxylic acids is 1. The summed E-state index contributed by atoms with van der Waals surface area (Å²) in [6.45, 7) is 13.4. The van der Waals surface area contributed by atoms with Gasteiger partial charge in [0.25, 0.3) is 5.56 Å². The van der Waals surface area contributed by atoms with Crippen LogP contribution >= 0.6 is 11.6 Å². The van der Waals surface area contributed by atoms with Crippen molar-refractivity contribution in [2.24, 2.45) is 23.2 Å². The van der Waals surface area contributed by atoms with Crippen molar-refractivity contribution in [3.05, 3.63) is 45.1 Å². The molecule has 174 valence electrons. The van der Waals surface area contributed by atoms with Gasteiger partial charge in [0.1, 0.15) is 11.6 Å². The molecule has 0 spiro atoms. The fourth-order valence-corrected chi connectivity index (χ4v) is 4.62. The molecular weight excluding hydrogens is 428 g/mol. The standard InChI is InChI=1S/C23H33ClN6O2/c1-13-8-26-27-10-17(13)9-25-20(31)12-30-22(32)21(24)19(11-28-30)29-18-7-14(2)23(5,6)16(4)15(18)3/h8,10-11,14-16,18,29H,7,9,12H2,1-6H3,(H,25,31)/t14-,15+,16+,18+/m0/s1. The van der Waals surface area contributed by atoms with Crippen LogP contribution in [-0.2, 0) is 17.9 Å². The molecule has 1 amide bonds. The van der Waals surface area contributed by atoms with E-state index in [4.69, 9.17) is 11.6 Å². The predicted molar refractivity (Wildman–Crippen MR) is 125 cm³/mol. The lowest BCUT2D eigenvalue weighted by molar-refractivity contribution is -0.122. The summed E-state index contributed by atoms with van der Waals surface area (Å²) < 4.78 is 1.08. The van der Waals surface area contributed by atoms with Crippen LogP contribution in [0.25, 0.3) is 0 Å². The first-order valence-corrected chi connectivity index (χ1v) is 11.4. The topological polar surface area (TPSA) is 102 Å². The second kappa shape index (κ2) is 9.57. The number of aromatic nitrogens is 4. The molecule has 1 aliphatic rings. The molecule has 32 heavy (non-hydrogen) atoms. The average Bonchev–Trinajstić information content (AvgIpc) is 2.75. The number of carbonyl (C=O) groups is 1. The second-order valence-electron chi connectivity index (χ2n) is 9.67. The van der Waals surface area contributed by atoms with Crippen LogP contribution in [-0.4, -0.2) is 31.9 Å². The van der Waals surface area contributed by atoms with E-state index >= 15 is 0 Å². The van der Waals surface area contributed by atoms with Crippen LogP contribution in [0.4, 0.5) is 5.69 Å². The maximum absolute atomic E-state index is 12.7. The number of aryl methyl sites for hydroxylation is 1. The minimum atomic E-state index is -0.488. The number of anilines is 1. The van der Waals surface area contributed by atoms with Crippen molar-refractivity contribution in [2.45, 2.75) is 67.1 Å². The van der Waals surface area contributed by atoms with Crippen molar-refractivity contribution in [2.75, 3.05) is 5.32 Å². The van der Waals surface area contributed by atoms with Crippen molar-refractivity contribution in [3.63, 3.8) is 0 Å². The van der Waals surface area contributed by atoms with E-state index in [-0.39, 0.29) is 28.9 Å². The van der Waals surface area contributed by atoms with Gasteiger partial charge in [-0.25, -0.2) is 4.68 Å². The Kier molecular flexibility index (Phi) is 7.22. The molecule has 8 nitrogen and oxygen atoms in total. The summed E-state index contributed by atoms with van der Waals surface area (Å²) in [7, 11) is 0. The van der Waals surface area contributed by atoms with E-state index in [9.17, 15) is 9.59 Å². The Balaban J connectivity index is 1.67. The van der Waals surface area contributed by atoms with Crippen LogP contribution < -0.4 is 16.2 Å². The van der Waals surface area contributed by atoms with Crippen LogP contribution in [0.15, 0.2) is 23.4 Å². The molecule has 2 N–H and O–H groups in total. The number of hydrogen-bond acceptors (Lipinski definition) is 6. The van der Waals surface area contributed by atoms with E-state index in [1.54, 1.807) is 12.4 Å². The molecule has 3 rings (SSSR count). The first kappa shape index (κ1) is 24.2. The van der Waals surface area contributed by atoms with E-state index in [0.29, 0.717) is 30.0 Å². The number of hydrogen-bond donors (Lipinski definition) is 2. The van der Waals surface area contributed by atoms with Crippen LogP contribution in [0.1, 0.15) is 52.2 Å². The van der Waals surface area contributed by atoms with Crippen molar-refractivity contribution >= 4 is 23.2 Å². The van der Waals surface area contributed by atoms with Gasteiger partial charge in [0, 0.05) is 12.6 Å². The van der Waals surface area contributed by atoms with Crippen molar-refractivity contribution in [1.82, 2.24) is 25.3 Å². The molecule has 2 heterocycles. The Morgan fingerprint density at radius 1 is 1.22 bits per heavy atom. The highest BCUT2D eigenvalue weighted by Gasteiger charge is 2.43. The van der Waals surface area contributed by atoms with E-state index in [2.05, 4.69) is 60.5 Å². The van der Waals surface area contributed by atoms with E-state index in [1.165, 1.54) is 6.20 Å². The van der Waals surface area contributed by atoms with Crippen molar-refractivity contribution in [3.8, 4) is 0 Å². The minimum absolute atomic E-state index is 0.0549. The highest BCUT2D eigenvalue weighted by Crippen LogP contribution is 2.48. The predicted octanol–water partition coefficient (Wildman–Crippen LogP) is 3.43. The van der Waals surface area contributed by atoms with Crippen LogP contribution in [0.5, 0.6) is 0 Å². The number of halogens is 1. The third-order valence-electron chi connectivity index (χ3n) is 7.61. The summed E-state index contributed by atoms with van der Waals surface area (Å²) in [4.78, 5) is 25.1. The quantitative estimate of drug-likeness (QED) is 0.684. The fraction of sp³-hybridized carbons (Fsp3) is 0.609. The summed E-state index contributed by atoms with van der Waals surface area (Å²) in [6, 6.07) is 0.197.